The minimum Gasteiger partial charge on any atom is -0.481 e. The van der Waals surface area contributed by atoms with Crippen LogP contribution in [0.2, 0.25) is 0 Å². The number of sulfonamides is 1. The van der Waals surface area contributed by atoms with Crippen LogP contribution in [0.5, 0.6) is 0 Å². The molecular formula is C21H22F3N3O4S. The van der Waals surface area contributed by atoms with E-state index in [0.29, 0.717) is 24.2 Å². The molecule has 0 spiro atoms. The molecule has 1 N–H and O–H groups in total. The molecule has 4 rings (SSSR count). The first-order valence-electron chi connectivity index (χ1n) is 10.1. The number of aromatic nitrogens is 1. The number of rotatable bonds is 4. The Hall–Kier alpha value is -2.66. The molecule has 0 radical (unpaired) electrons. The first-order valence-corrected chi connectivity index (χ1v) is 11.6. The molecule has 1 aliphatic carbocycles. The molecule has 1 aliphatic heterocycles. The van der Waals surface area contributed by atoms with Crippen LogP contribution in [0.15, 0.2) is 41.4 Å². The number of carbonyl (C=O) groups is 1. The zero-order valence-electron chi connectivity index (χ0n) is 17.2. The Labute approximate surface area is 183 Å². The summed E-state index contributed by atoms with van der Waals surface area (Å²) < 4.78 is 66.2. The predicted octanol–water partition coefficient (Wildman–Crippen LogP) is 3.11. The van der Waals surface area contributed by atoms with E-state index < -0.39 is 39.7 Å². The van der Waals surface area contributed by atoms with Gasteiger partial charge in [-0.1, -0.05) is 6.07 Å². The van der Waals surface area contributed by atoms with Gasteiger partial charge >= 0.3 is 12.1 Å². The van der Waals surface area contributed by atoms with Gasteiger partial charge in [0.1, 0.15) is 5.82 Å². The summed E-state index contributed by atoms with van der Waals surface area (Å²) in [7, 11) is -3.87. The third-order valence-electron chi connectivity index (χ3n) is 6.07. The molecule has 1 aromatic carbocycles. The molecule has 32 heavy (non-hydrogen) atoms. The number of hydrogen-bond donors (Lipinski definition) is 1. The van der Waals surface area contributed by atoms with Gasteiger partial charge in [-0.15, -0.1) is 0 Å². The Bertz CT molecular complexity index is 1140. The average Bonchev–Trinajstić information content (AvgIpc) is 3.16. The van der Waals surface area contributed by atoms with E-state index in [1.807, 2.05) is 0 Å². The topological polar surface area (TPSA) is 90.8 Å². The molecule has 2 aliphatic rings. The number of fused-ring (bicyclic) bond motifs is 1. The third kappa shape index (κ3) is 4.06. The number of carboxylic acid groups (broad SMARTS) is 1. The van der Waals surface area contributed by atoms with Crippen molar-refractivity contribution in [3.8, 4) is 0 Å². The molecule has 1 aromatic heterocycles. The van der Waals surface area contributed by atoms with Crippen molar-refractivity contribution >= 4 is 21.8 Å². The fourth-order valence-electron chi connectivity index (χ4n) is 4.38. The zero-order chi connectivity index (χ0) is 23.3. The van der Waals surface area contributed by atoms with E-state index in [2.05, 4.69) is 4.98 Å². The first-order chi connectivity index (χ1) is 15.0. The van der Waals surface area contributed by atoms with E-state index in [1.165, 1.54) is 22.5 Å². The lowest BCUT2D eigenvalue weighted by atomic mass is 10.0. The summed E-state index contributed by atoms with van der Waals surface area (Å²) in [6.07, 6.45) is -2.65. The van der Waals surface area contributed by atoms with Crippen molar-refractivity contribution in [3.63, 3.8) is 0 Å². The highest BCUT2D eigenvalue weighted by Gasteiger charge is 2.37. The molecule has 2 atom stereocenters. The van der Waals surface area contributed by atoms with Crippen LogP contribution in [0.25, 0.3) is 0 Å². The number of halogens is 3. The van der Waals surface area contributed by atoms with E-state index in [1.54, 1.807) is 17.9 Å². The van der Waals surface area contributed by atoms with Gasteiger partial charge in [0, 0.05) is 31.9 Å². The highest BCUT2D eigenvalue weighted by atomic mass is 32.2. The van der Waals surface area contributed by atoms with Crippen molar-refractivity contribution in [2.24, 2.45) is 0 Å². The van der Waals surface area contributed by atoms with Crippen LogP contribution in [-0.2, 0) is 27.4 Å². The molecule has 2 unspecified atom stereocenters. The summed E-state index contributed by atoms with van der Waals surface area (Å²) in [5.41, 5.74) is 0.549. The monoisotopic (exact) mass is 469 g/mol. The first kappa shape index (κ1) is 22.5. The Balaban J connectivity index is 1.52. The number of alkyl halides is 3. The van der Waals surface area contributed by atoms with E-state index in [4.69, 9.17) is 0 Å². The van der Waals surface area contributed by atoms with Gasteiger partial charge in [0.2, 0.25) is 10.0 Å². The Morgan fingerprint density at radius 3 is 2.53 bits per heavy atom. The molecule has 2 heterocycles. The van der Waals surface area contributed by atoms with Gasteiger partial charge in [-0.3, -0.25) is 4.79 Å². The normalized spacial score (nSPS) is 22.1. The number of benzene rings is 1. The van der Waals surface area contributed by atoms with E-state index in [-0.39, 0.29) is 24.5 Å². The minimum absolute atomic E-state index is 0.0531. The molecular weight excluding hydrogens is 447 g/mol. The molecule has 0 bridgehead atoms. The lowest BCUT2D eigenvalue weighted by Gasteiger charge is -2.39. The van der Waals surface area contributed by atoms with Gasteiger partial charge in [-0.25, -0.2) is 13.4 Å². The molecule has 1 saturated heterocycles. The van der Waals surface area contributed by atoms with Crippen molar-refractivity contribution < 1.29 is 31.5 Å². The number of carboxylic acids is 1. The highest BCUT2D eigenvalue weighted by Crippen LogP contribution is 2.36. The maximum Gasteiger partial charge on any atom is 0.417 e. The highest BCUT2D eigenvalue weighted by molar-refractivity contribution is 7.89. The van der Waals surface area contributed by atoms with Crippen LogP contribution in [-0.4, -0.2) is 54.5 Å². The summed E-state index contributed by atoms with van der Waals surface area (Å²) in [6, 6.07) is 6.44. The maximum absolute atomic E-state index is 13.3. The van der Waals surface area contributed by atoms with Crippen LogP contribution in [0.3, 0.4) is 0 Å². The molecule has 172 valence electrons. The Kier molecular flexibility index (Phi) is 5.66. The van der Waals surface area contributed by atoms with Crippen LogP contribution in [0, 0.1) is 0 Å². The smallest absolute Gasteiger partial charge is 0.417 e. The summed E-state index contributed by atoms with van der Waals surface area (Å²) >= 11 is 0. The van der Waals surface area contributed by atoms with Crippen LogP contribution in [0.1, 0.15) is 36.0 Å². The quantitative estimate of drug-likeness (QED) is 0.740. The molecule has 0 amide bonds. The van der Waals surface area contributed by atoms with Gasteiger partial charge in [0.25, 0.3) is 0 Å². The molecule has 2 aromatic rings. The molecule has 11 heteroatoms. The van der Waals surface area contributed by atoms with Crippen LogP contribution in [0.4, 0.5) is 19.0 Å². The van der Waals surface area contributed by atoms with Crippen molar-refractivity contribution in [2.75, 3.05) is 24.5 Å². The van der Waals surface area contributed by atoms with Crippen LogP contribution >= 0.6 is 0 Å². The second-order valence-corrected chi connectivity index (χ2v) is 9.99. The van der Waals surface area contributed by atoms with Gasteiger partial charge < -0.3 is 10.0 Å². The Morgan fingerprint density at radius 2 is 1.94 bits per heavy atom. The van der Waals surface area contributed by atoms with E-state index >= 15 is 0 Å². The second-order valence-electron chi connectivity index (χ2n) is 8.10. The Morgan fingerprint density at radius 1 is 1.19 bits per heavy atom. The van der Waals surface area contributed by atoms with Gasteiger partial charge in [-0.05, 0) is 55.2 Å². The van der Waals surface area contributed by atoms with Gasteiger partial charge in [-0.2, -0.15) is 17.5 Å². The number of aryl methyl sites for hydroxylation is 1. The minimum atomic E-state index is -4.47. The van der Waals surface area contributed by atoms with Crippen molar-refractivity contribution in [1.82, 2.24) is 9.29 Å². The van der Waals surface area contributed by atoms with Crippen LogP contribution < -0.4 is 4.90 Å². The lowest BCUT2D eigenvalue weighted by Crippen LogP contribution is -2.54. The van der Waals surface area contributed by atoms with Gasteiger partial charge in [0.05, 0.1) is 16.4 Å². The number of piperazine rings is 1. The number of pyridine rings is 1. The molecule has 7 nitrogen and oxygen atoms in total. The predicted molar refractivity (Wildman–Crippen MR) is 110 cm³/mol. The average molecular weight is 469 g/mol. The lowest BCUT2D eigenvalue weighted by molar-refractivity contribution is -0.139. The summed E-state index contributed by atoms with van der Waals surface area (Å²) in [6.45, 7) is 2.39. The van der Waals surface area contributed by atoms with Crippen molar-refractivity contribution in [2.45, 2.75) is 42.8 Å². The maximum atomic E-state index is 13.3. The number of nitrogens with zero attached hydrogens (tertiary/aromatic N) is 3. The number of hydrogen-bond acceptors (Lipinski definition) is 5. The fourth-order valence-corrected chi connectivity index (χ4v) is 6.03. The number of anilines is 1. The summed E-state index contributed by atoms with van der Waals surface area (Å²) in [4.78, 5) is 17.2. The second kappa shape index (κ2) is 8.04. The van der Waals surface area contributed by atoms with E-state index in [9.17, 15) is 31.5 Å². The standard InChI is InChI=1S/C21H22F3N3O4S/c1-13-12-26(19-7-4-15(11-25-19)21(22,23)24)8-9-27(13)32(30,31)16-5-2-14-3-6-17(20(28)29)18(14)10-16/h2,4-5,7,10-11,13,17H,3,6,8-9,12H2,1H3,(H,28,29). The van der Waals surface area contributed by atoms with Gasteiger partial charge in [0.15, 0.2) is 0 Å². The molecule has 1 fully saturated rings. The van der Waals surface area contributed by atoms with Crippen molar-refractivity contribution in [1.29, 1.82) is 0 Å². The summed E-state index contributed by atoms with van der Waals surface area (Å²) in [5.74, 6) is -1.33. The fraction of sp³-hybridized carbons (Fsp3) is 0.429. The number of aliphatic carboxylic acids is 1. The zero-order valence-corrected chi connectivity index (χ0v) is 18.0. The van der Waals surface area contributed by atoms with E-state index in [0.717, 1.165) is 17.8 Å². The summed E-state index contributed by atoms with van der Waals surface area (Å²) in [5, 5.41) is 9.41. The third-order valence-corrected chi connectivity index (χ3v) is 8.08. The largest absolute Gasteiger partial charge is 0.481 e. The SMILES string of the molecule is CC1CN(c2ccc(C(F)(F)F)cn2)CCN1S(=O)(=O)c1ccc2c(c1)C(C(=O)O)CC2. The molecule has 0 saturated carbocycles. The van der Waals surface area contributed by atoms with Crippen molar-refractivity contribution in [3.05, 3.63) is 53.2 Å².